The van der Waals surface area contributed by atoms with Crippen molar-refractivity contribution < 1.29 is 9.53 Å². The van der Waals surface area contributed by atoms with Crippen molar-refractivity contribution in [2.24, 2.45) is 0 Å². The highest BCUT2D eigenvalue weighted by atomic mass is 35.5. The Bertz CT molecular complexity index is 328. The largest absolute Gasteiger partial charge is 0.447 e. The quantitative estimate of drug-likeness (QED) is 0.761. The molecule has 0 aliphatic carbocycles. The van der Waals surface area contributed by atoms with Gasteiger partial charge in [0.1, 0.15) is 6.61 Å². The molecule has 1 aromatic rings. The summed E-state index contributed by atoms with van der Waals surface area (Å²) in [5, 5.41) is 2.43. The van der Waals surface area contributed by atoms with Gasteiger partial charge in [-0.15, -0.1) is 11.6 Å². The summed E-state index contributed by atoms with van der Waals surface area (Å²) in [5.41, 5.74) is 0.991. The van der Waals surface area contributed by atoms with E-state index < -0.39 is 6.09 Å². The Kier molecular flexibility index (Phi) is 2.59. The molecular formula is C10H10ClNO2. The fourth-order valence-corrected chi connectivity index (χ4v) is 1.71. The van der Waals surface area contributed by atoms with Crippen molar-refractivity contribution in [3.05, 3.63) is 35.9 Å². The summed E-state index contributed by atoms with van der Waals surface area (Å²) in [6.45, 7) is 0.335. The van der Waals surface area contributed by atoms with Gasteiger partial charge in [0.25, 0.3) is 0 Å². The average molecular weight is 212 g/mol. The summed E-state index contributed by atoms with van der Waals surface area (Å²) < 4.78 is 4.77. The van der Waals surface area contributed by atoms with E-state index in [4.69, 9.17) is 16.3 Å². The van der Waals surface area contributed by atoms with E-state index in [-0.39, 0.29) is 11.4 Å². The van der Waals surface area contributed by atoms with Crippen molar-refractivity contribution in [3.8, 4) is 0 Å². The van der Waals surface area contributed by atoms with Crippen molar-refractivity contribution in [2.45, 2.75) is 11.4 Å². The van der Waals surface area contributed by atoms with Crippen LogP contribution >= 0.6 is 11.6 Å². The zero-order valence-corrected chi connectivity index (χ0v) is 8.20. The van der Waals surface area contributed by atoms with Crippen molar-refractivity contribution >= 4 is 17.7 Å². The topological polar surface area (TPSA) is 38.3 Å². The van der Waals surface area contributed by atoms with Crippen LogP contribution in [0.15, 0.2) is 30.3 Å². The normalized spacial score (nSPS) is 22.6. The van der Waals surface area contributed by atoms with Gasteiger partial charge in [0, 0.05) is 0 Å². The van der Waals surface area contributed by atoms with Gasteiger partial charge in [-0.1, -0.05) is 30.3 Å². The van der Waals surface area contributed by atoms with Crippen LogP contribution in [0.1, 0.15) is 10.9 Å². The molecule has 0 saturated carbocycles. The van der Waals surface area contributed by atoms with E-state index >= 15 is 0 Å². The van der Waals surface area contributed by atoms with Gasteiger partial charge in [-0.25, -0.2) is 4.79 Å². The van der Waals surface area contributed by atoms with Crippen LogP contribution in [0.3, 0.4) is 0 Å². The smallest absolute Gasteiger partial charge is 0.407 e. The number of ether oxygens (including phenoxy) is 1. The molecule has 2 atom stereocenters. The molecule has 74 valence electrons. The van der Waals surface area contributed by atoms with E-state index in [9.17, 15) is 4.79 Å². The maximum absolute atomic E-state index is 10.8. The molecule has 0 bridgehead atoms. The van der Waals surface area contributed by atoms with Crippen LogP contribution in [0, 0.1) is 0 Å². The number of benzene rings is 1. The molecule has 0 spiro atoms. The fraction of sp³-hybridized carbons (Fsp3) is 0.300. The Morgan fingerprint density at radius 1 is 1.43 bits per heavy atom. The van der Waals surface area contributed by atoms with Crippen LogP contribution in [-0.2, 0) is 4.74 Å². The molecule has 4 heteroatoms. The lowest BCUT2D eigenvalue weighted by molar-refractivity contribution is 0.176. The first-order valence-corrected chi connectivity index (χ1v) is 4.83. The highest BCUT2D eigenvalue weighted by Crippen LogP contribution is 2.26. The summed E-state index contributed by atoms with van der Waals surface area (Å²) in [6.07, 6.45) is -0.392. The van der Waals surface area contributed by atoms with Gasteiger partial charge in [0.15, 0.2) is 0 Å². The number of carbonyl (C=O) groups excluding carboxylic acids is 1. The predicted octanol–water partition coefficient (Wildman–Crippen LogP) is 2.07. The molecule has 1 aliphatic rings. The van der Waals surface area contributed by atoms with Crippen molar-refractivity contribution in [1.82, 2.24) is 5.32 Å². The number of hydrogen-bond donors (Lipinski definition) is 1. The van der Waals surface area contributed by atoms with E-state index in [1.165, 1.54) is 0 Å². The van der Waals surface area contributed by atoms with E-state index in [0.717, 1.165) is 5.56 Å². The van der Waals surface area contributed by atoms with Crippen molar-refractivity contribution in [1.29, 1.82) is 0 Å². The molecule has 1 fully saturated rings. The number of alkyl carbamates (subject to hydrolysis) is 1. The number of carbonyl (C=O) groups is 1. The third-order valence-corrected chi connectivity index (χ3v) is 2.72. The molecule has 1 aliphatic heterocycles. The minimum atomic E-state index is -0.392. The minimum absolute atomic E-state index is 0.133. The number of nitrogens with one attached hydrogen (secondary N) is 1. The van der Waals surface area contributed by atoms with Crippen LogP contribution in [0.5, 0.6) is 0 Å². The molecule has 0 unspecified atom stereocenters. The molecule has 1 aromatic carbocycles. The summed E-state index contributed by atoms with van der Waals surface area (Å²) in [6, 6.07) is 9.50. The second kappa shape index (κ2) is 3.88. The maximum atomic E-state index is 10.8. The zero-order chi connectivity index (χ0) is 9.97. The van der Waals surface area contributed by atoms with Gasteiger partial charge in [-0.2, -0.15) is 0 Å². The number of hydrogen-bond acceptors (Lipinski definition) is 2. The SMILES string of the molecule is O=C1N[C@H]([C@H](Cl)c2ccccc2)CO1. The molecule has 0 radical (unpaired) electrons. The Morgan fingerprint density at radius 3 is 2.71 bits per heavy atom. The lowest BCUT2D eigenvalue weighted by Crippen LogP contribution is -2.30. The summed E-state index contributed by atoms with van der Waals surface area (Å²) in [5.74, 6) is 0. The van der Waals surface area contributed by atoms with Gasteiger partial charge in [-0.3, -0.25) is 0 Å². The van der Waals surface area contributed by atoms with Crippen LogP contribution in [0.4, 0.5) is 4.79 Å². The number of amides is 1. The molecule has 2 rings (SSSR count). The molecule has 1 saturated heterocycles. The monoisotopic (exact) mass is 211 g/mol. The number of cyclic esters (lactones) is 1. The fourth-order valence-electron chi connectivity index (χ4n) is 1.43. The van der Waals surface area contributed by atoms with Gasteiger partial charge in [-0.05, 0) is 5.56 Å². The Labute approximate surface area is 87.0 Å². The number of alkyl halides is 1. The lowest BCUT2D eigenvalue weighted by atomic mass is 10.1. The van der Waals surface area contributed by atoms with Gasteiger partial charge in [0.05, 0.1) is 11.4 Å². The maximum Gasteiger partial charge on any atom is 0.407 e. The van der Waals surface area contributed by atoms with E-state index in [1.807, 2.05) is 30.3 Å². The number of halogens is 1. The predicted molar refractivity (Wildman–Crippen MR) is 53.3 cm³/mol. The summed E-state index contributed by atoms with van der Waals surface area (Å²) >= 11 is 6.18. The Balaban J connectivity index is 2.09. The van der Waals surface area contributed by atoms with Crippen molar-refractivity contribution in [2.75, 3.05) is 6.61 Å². The first kappa shape index (κ1) is 9.34. The summed E-state index contributed by atoms with van der Waals surface area (Å²) in [4.78, 5) is 10.8. The van der Waals surface area contributed by atoms with Crippen LogP contribution in [0.2, 0.25) is 0 Å². The van der Waals surface area contributed by atoms with Crippen molar-refractivity contribution in [3.63, 3.8) is 0 Å². The molecule has 3 nitrogen and oxygen atoms in total. The van der Waals surface area contributed by atoms with Crippen LogP contribution < -0.4 is 5.32 Å². The van der Waals surface area contributed by atoms with Gasteiger partial charge in [0.2, 0.25) is 0 Å². The standard InChI is InChI=1S/C10H10ClNO2/c11-9(7-4-2-1-3-5-7)8-6-14-10(13)12-8/h1-5,8-9H,6H2,(H,12,13)/t8-,9+/m0/s1. The van der Waals surface area contributed by atoms with E-state index in [2.05, 4.69) is 5.32 Å². The van der Waals surface area contributed by atoms with E-state index in [0.29, 0.717) is 6.61 Å². The highest BCUT2D eigenvalue weighted by Gasteiger charge is 2.29. The van der Waals surface area contributed by atoms with Gasteiger partial charge < -0.3 is 10.1 Å². The Morgan fingerprint density at radius 2 is 2.14 bits per heavy atom. The molecule has 1 N–H and O–H groups in total. The van der Waals surface area contributed by atoms with Gasteiger partial charge >= 0.3 is 6.09 Å². The zero-order valence-electron chi connectivity index (χ0n) is 7.44. The first-order valence-electron chi connectivity index (χ1n) is 4.39. The van der Waals surface area contributed by atoms with Crippen LogP contribution in [-0.4, -0.2) is 18.7 Å². The third kappa shape index (κ3) is 1.82. The highest BCUT2D eigenvalue weighted by molar-refractivity contribution is 6.21. The summed E-state index contributed by atoms with van der Waals surface area (Å²) in [7, 11) is 0. The second-order valence-electron chi connectivity index (χ2n) is 3.16. The molecule has 14 heavy (non-hydrogen) atoms. The first-order chi connectivity index (χ1) is 6.77. The third-order valence-electron chi connectivity index (χ3n) is 2.17. The van der Waals surface area contributed by atoms with Crippen LogP contribution in [0.25, 0.3) is 0 Å². The average Bonchev–Trinajstić information content (AvgIpc) is 2.65. The Hall–Kier alpha value is -1.22. The van der Waals surface area contributed by atoms with E-state index in [1.54, 1.807) is 0 Å². The molecular weight excluding hydrogens is 202 g/mol. The number of rotatable bonds is 2. The lowest BCUT2D eigenvalue weighted by Gasteiger charge is -2.14. The minimum Gasteiger partial charge on any atom is -0.447 e. The molecule has 1 heterocycles. The second-order valence-corrected chi connectivity index (χ2v) is 3.63. The molecule has 0 aromatic heterocycles. The molecule has 1 amide bonds.